The third kappa shape index (κ3) is 4.66. The monoisotopic (exact) mass is 684 g/mol. The fourth-order valence-corrected chi connectivity index (χ4v) is 13.0. The molecule has 1 aliphatic heterocycles. The molecule has 6 aliphatic rings. The molecular weight excluding hydrogens is 628 g/mol. The molecule has 8 N–H and O–H groups in total. The van der Waals surface area contributed by atoms with Crippen molar-refractivity contribution in [1.82, 2.24) is 0 Å². The highest BCUT2D eigenvalue weighted by atomic mass is 16.5. The predicted octanol–water partition coefficient (Wildman–Crippen LogP) is 3.31. The zero-order valence-corrected chi connectivity index (χ0v) is 29.4. The molecule has 1 heterocycles. The molecule has 0 amide bonds. The number of hydrogen-bond acceptors (Lipinski definition) is 10. The molecule has 272 valence electrons. The third-order valence-corrected chi connectivity index (χ3v) is 15.0. The van der Waals surface area contributed by atoms with Crippen LogP contribution in [0, 0.1) is 45.8 Å². The van der Waals surface area contributed by atoms with Gasteiger partial charge in [0.25, 0.3) is 0 Å². The summed E-state index contributed by atoms with van der Waals surface area (Å²) in [7, 11) is 0. The van der Waals surface area contributed by atoms with Gasteiger partial charge in [-0.3, -0.25) is 4.79 Å². The van der Waals surface area contributed by atoms with Crippen molar-refractivity contribution in [2.45, 2.75) is 134 Å². The van der Waals surface area contributed by atoms with Gasteiger partial charge in [-0.1, -0.05) is 47.5 Å². The number of ketones is 1. The molecule has 10 nitrogen and oxygen atoms in total. The van der Waals surface area contributed by atoms with Crippen molar-refractivity contribution in [3.63, 3.8) is 0 Å². The van der Waals surface area contributed by atoms with E-state index in [9.17, 15) is 45.6 Å². The fraction of sp³-hybridized carbons (Fsp3) is 0.769. The van der Waals surface area contributed by atoms with Gasteiger partial charge >= 0.3 is 0 Å². The number of aromatic hydroxyl groups is 2. The Morgan fingerprint density at radius 3 is 2.20 bits per heavy atom. The molecule has 0 radical (unpaired) electrons. The summed E-state index contributed by atoms with van der Waals surface area (Å²) in [6.45, 7) is 9.62. The summed E-state index contributed by atoms with van der Waals surface area (Å²) < 4.78 is 6.62. The Bertz CT molecular complexity index is 1500. The zero-order chi connectivity index (χ0) is 35.6. The summed E-state index contributed by atoms with van der Waals surface area (Å²) in [5, 5.41) is 91.6. The van der Waals surface area contributed by atoms with Crippen LogP contribution < -0.4 is 0 Å². The Kier molecular flexibility index (Phi) is 8.28. The van der Waals surface area contributed by atoms with Crippen LogP contribution in [0.3, 0.4) is 0 Å². The van der Waals surface area contributed by atoms with Crippen molar-refractivity contribution in [2.75, 3.05) is 6.61 Å². The summed E-state index contributed by atoms with van der Waals surface area (Å²) in [5.74, 6) is -3.47. The lowest BCUT2D eigenvalue weighted by Gasteiger charge is -2.67. The maximum absolute atomic E-state index is 14.6. The van der Waals surface area contributed by atoms with Crippen LogP contribution in [-0.4, -0.2) is 95.0 Å². The van der Waals surface area contributed by atoms with E-state index in [1.807, 2.05) is 34.6 Å². The van der Waals surface area contributed by atoms with Crippen LogP contribution in [0.2, 0.25) is 0 Å². The van der Waals surface area contributed by atoms with Gasteiger partial charge in [0, 0.05) is 48.7 Å². The summed E-state index contributed by atoms with van der Waals surface area (Å²) in [5.41, 5.74) is -4.52. The van der Waals surface area contributed by atoms with E-state index in [2.05, 4.69) is 0 Å². The van der Waals surface area contributed by atoms with Crippen LogP contribution in [0.25, 0.3) is 0 Å². The van der Waals surface area contributed by atoms with Crippen molar-refractivity contribution in [2.24, 2.45) is 45.8 Å². The molecule has 5 aliphatic carbocycles. The molecule has 0 aromatic heterocycles. The van der Waals surface area contributed by atoms with E-state index in [0.29, 0.717) is 17.6 Å². The van der Waals surface area contributed by atoms with Gasteiger partial charge < -0.3 is 45.6 Å². The maximum atomic E-state index is 14.6. The van der Waals surface area contributed by atoms with Crippen molar-refractivity contribution in [1.29, 1.82) is 0 Å². The van der Waals surface area contributed by atoms with Crippen LogP contribution in [0.5, 0.6) is 11.5 Å². The summed E-state index contributed by atoms with van der Waals surface area (Å²) in [6, 6.07) is 4.04. The molecule has 1 spiro atoms. The Morgan fingerprint density at radius 1 is 0.980 bits per heavy atom. The first-order chi connectivity index (χ1) is 22.9. The number of carbonyl (C=O) groups excluding carboxylic acids is 1. The second kappa shape index (κ2) is 11.5. The van der Waals surface area contributed by atoms with Crippen molar-refractivity contribution in [3.05, 3.63) is 35.4 Å². The minimum absolute atomic E-state index is 0.0247. The molecule has 1 aromatic carbocycles. The lowest BCUT2D eigenvalue weighted by molar-refractivity contribution is -0.208. The van der Waals surface area contributed by atoms with E-state index >= 15 is 0 Å². The molecule has 14 unspecified atom stereocenters. The van der Waals surface area contributed by atoms with Crippen LogP contribution in [0.4, 0.5) is 0 Å². The van der Waals surface area contributed by atoms with E-state index in [0.717, 1.165) is 25.7 Å². The van der Waals surface area contributed by atoms with Gasteiger partial charge in [-0.05, 0) is 83.6 Å². The number of allylic oxidation sites excluding steroid dienone is 1. The van der Waals surface area contributed by atoms with Gasteiger partial charge in [0.1, 0.15) is 23.2 Å². The average Bonchev–Trinajstić information content (AvgIpc) is 3.64. The second-order valence-electron chi connectivity index (χ2n) is 17.8. The van der Waals surface area contributed by atoms with Crippen LogP contribution >= 0.6 is 0 Å². The molecule has 5 fully saturated rings. The number of phenolic OH excluding ortho intramolecular Hbond substituents is 2. The Hall–Kier alpha value is -2.05. The summed E-state index contributed by atoms with van der Waals surface area (Å²) >= 11 is 0. The SMILES string of the molecule is CC(C)C(C)C(O)C1OC2CC3(O)C4=CC(=O)C5C(c6cc(O)cc(O)c6)C(O)C(O)CC5(C)C4C4(CCCC4)CC3(C)C2C1(O)CCO. The van der Waals surface area contributed by atoms with Gasteiger partial charge in [-0.2, -0.15) is 0 Å². The van der Waals surface area contributed by atoms with Crippen molar-refractivity contribution in [3.8, 4) is 11.5 Å². The molecule has 7 rings (SSSR count). The number of hydrogen-bond donors (Lipinski definition) is 8. The lowest BCUT2D eigenvalue weighted by Crippen LogP contribution is -2.68. The highest BCUT2D eigenvalue weighted by Crippen LogP contribution is 2.77. The number of ether oxygens (including phenoxy) is 1. The Morgan fingerprint density at radius 2 is 1.61 bits per heavy atom. The number of carbonyl (C=O) groups is 1. The molecule has 14 atom stereocenters. The molecule has 4 saturated carbocycles. The van der Waals surface area contributed by atoms with Gasteiger partial charge in [-0.25, -0.2) is 0 Å². The zero-order valence-electron chi connectivity index (χ0n) is 29.4. The number of aliphatic hydroxyl groups is 6. The van der Waals surface area contributed by atoms with Crippen LogP contribution in [0.15, 0.2) is 29.8 Å². The summed E-state index contributed by atoms with van der Waals surface area (Å²) in [4.78, 5) is 14.6. The quantitative estimate of drug-likeness (QED) is 0.221. The number of aliphatic hydroxyl groups excluding tert-OH is 4. The van der Waals surface area contributed by atoms with E-state index in [4.69, 9.17) is 4.74 Å². The van der Waals surface area contributed by atoms with E-state index < -0.39 is 75.7 Å². The minimum atomic E-state index is -1.63. The number of rotatable bonds is 6. The summed E-state index contributed by atoms with van der Waals surface area (Å²) in [6.07, 6.45) is 0.745. The molecule has 1 aromatic rings. The van der Waals surface area contributed by atoms with Gasteiger partial charge in [0.2, 0.25) is 0 Å². The normalized spacial score (nSPS) is 46.6. The van der Waals surface area contributed by atoms with Crippen molar-refractivity contribution < 1.29 is 50.4 Å². The van der Waals surface area contributed by atoms with E-state index in [1.165, 1.54) is 18.2 Å². The third-order valence-electron chi connectivity index (χ3n) is 15.0. The highest BCUT2D eigenvalue weighted by molar-refractivity contribution is 5.96. The molecular formula is C39H56O10. The van der Waals surface area contributed by atoms with Crippen molar-refractivity contribution >= 4 is 5.78 Å². The maximum Gasteiger partial charge on any atom is 0.160 e. The molecule has 49 heavy (non-hydrogen) atoms. The molecule has 10 heteroatoms. The predicted molar refractivity (Wildman–Crippen MR) is 179 cm³/mol. The van der Waals surface area contributed by atoms with Gasteiger partial charge in [-0.15, -0.1) is 0 Å². The minimum Gasteiger partial charge on any atom is -0.508 e. The molecule has 1 saturated heterocycles. The first-order valence-electron chi connectivity index (χ1n) is 18.4. The molecule has 0 bridgehead atoms. The largest absolute Gasteiger partial charge is 0.508 e. The second-order valence-corrected chi connectivity index (χ2v) is 17.8. The first kappa shape index (κ1) is 35.4. The highest BCUT2D eigenvalue weighted by Gasteiger charge is 2.79. The Labute approximate surface area is 288 Å². The fourth-order valence-electron chi connectivity index (χ4n) is 13.0. The van der Waals surface area contributed by atoms with E-state index in [-0.39, 0.29) is 60.9 Å². The topological polar surface area (TPSA) is 188 Å². The van der Waals surface area contributed by atoms with Gasteiger partial charge in [0.05, 0.1) is 30.0 Å². The number of benzene rings is 1. The number of phenols is 2. The smallest absolute Gasteiger partial charge is 0.160 e. The average molecular weight is 685 g/mol. The Balaban J connectivity index is 1.39. The standard InChI is InChI=1S/C39H56O10/c1-19(2)20(3)30(45)34-38(47,10-11-40)33-27(49-34)17-39(48)24-15-25(43)29-28(21-12-22(41)14-23(42)13-21)31(46)26(44)16-35(29,4)32(24)37(8-6-7-9-37)18-36(33,39)5/h12-15,19-20,26-34,40-42,44-48H,6-11,16-18H2,1-5H3. The first-order valence-corrected chi connectivity index (χ1v) is 18.4. The van der Waals surface area contributed by atoms with Crippen LogP contribution in [0.1, 0.15) is 97.5 Å². The van der Waals surface area contributed by atoms with Crippen LogP contribution in [-0.2, 0) is 9.53 Å². The van der Waals surface area contributed by atoms with Gasteiger partial charge in [0.15, 0.2) is 5.78 Å². The van der Waals surface area contributed by atoms with E-state index in [1.54, 1.807) is 6.08 Å². The lowest BCUT2D eigenvalue weighted by atomic mass is 9.37. The number of fused-ring (bicyclic) bond motifs is 8.